The summed E-state index contributed by atoms with van der Waals surface area (Å²) in [6.45, 7) is 4.56. The topological polar surface area (TPSA) is 52.0 Å². The summed E-state index contributed by atoms with van der Waals surface area (Å²) < 4.78 is 0. The predicted molar refractivity (Wildman–Crippen MR) is 257 cm³/mol. The molecule has 0 aromatic heterocycles. The fraction of sp³-hybridized carbons (Fsp3) is 0.571. The third-order valence-corrected chi connectivity index (χ3v) is 12.6. The highest BCUT2D eigenvalue weighted by Crippen LogP contribution is 2.23. The first kappa shape index (κ1) is 47.2. The van der Waals surface area contributed by atoms with Crippen LogP contribution in [0, 0.1) is 0 Å². The molecule has 0 aliphatic carbocycles. The van der Waals surface area contributed by atoms with Crippen molar-refractivity contribution in [3.05, 3.63) is 129 Å². The first-order valence-electron chi connectivity index (χ1n) is 24.4. The average molecular weight is 785 g/mol. The predicted octanol–water partition coefficient (Wildman–Crippen LogP) is 16.3. The smallest absolute Gasteiger partial charge is 0.0316 e. The molecule has 4 aromatic rings. The van der Waals surface area contributed by atoms with Crippen molar-refractivity contribution < 1.29 is 0 Å². The highest BCUT2D eigenvalue weighted by Gasteiger charge is 2.08. The second-order valence-corrected chi connectivity index (χ2v) is 17.8. The Morgan fingerprint density at radius 2 is 0.552 bits per heavy atom. The van der Waals surface area contributed by atoms with Crippen LogP contribution in [0.4, 0.5) is 11.4 Å². The van der Waals surface area contributed by atoms with Gasteiger partial charge in [-0.15, -0.1) is 0 Å². The summed E-state index contributed by atoms with van der Waals surface area (Å²) in [6.07, 6.45) is 39.4. The van der Waals surface area contributed by atoms with Crippen molar-refractivity contribution in [1.82, 2.24) is 0 Å². The lowest BCUT2D eigenvalue weighted by atomic mass is 9.94. The van der Waals surface area contributed by atoms with Crippen LogP contribution in [0.5, 0.6) is 0 Å². The fourth-order valence-corrected chi connectivity index (χ4v) is 8.81. The molecule has 0 aliphatic heterocycles. The van der Waals surface area contributed by atoms with Gasteiger partial charge < -0.3 is 11.5 Å². The van der Waals surface area contributed by atoms with E-state index in [1.807, 2.05) is 0 Å². The molecule has 0 radical (unpaired) electrons. The summed E-state index contributed by atoms with van der Waals surface area (Å²) in [5.41, 5.74) is 25.7. The van der Waals surface area contributed by atoms with E-state index in [1.54, 1.807) is 0 Å². The zero-order chi connectivity index (χ0) is 40.9. The summed E-state index contributed by atoms with van der Waals surface area (Å²) in [5, 5.41) is 0. The van der Waals surface area contributed by atoms with Crippen LogP contribution < -0.4 is 11.5 Å². The molecule has 0 aliphatic rings. The Bertz CT molecular complexity index is 1490. The van der Waals surface area contributed by atoms with Crippen LogP contribution in [0.1, 0.15) is 212 Å². The van der Waals surface area contributed by atoms with Gasteiger partial charge in [-0.3, -0.25) is 0 Å². The number of aryl methyl sites for hydroxylation is 4. The van der Waals surface area contributed by atoms with E-state index in [0.717, 1.165) is 37.1 Å². The summed E-state index contributed by atoms with van der Waals surface area (Å²) >= 11 is 0. The molecule has 0 heterocycles. The molecule has 0 saturated heterocycles. The van der Waals surface area contributed by atoms with Crippen molar-refractivity contribution in [1.29, 1.82) is 0 Å². The minimum Gasteiger partial charge on any atom is -0.399 e. The lowest BCUT2D eigenvalue weighted by molar-refractivity contribution is 0.533. The summed E-state index contributed by atoms with van der Waals surface area (Å²) in [4.78, 5) is 0. The Kier molecular flexibility index (Phi) is 24.1. The summed E-state index contributed by atoms with van der Waals surface area (Å²) in [5.74, 6) is 0. The lowest BCUT2D eigenvalue weighted by Crippen LogP contribution is -1.99. The third kappa shape index (κ3) is 20.0. The molecule has 58 heavy (non-hydrogen) atoms. The van der Waals surface area contributed by atoms with E-state index in [9.17, 15) is 0 Å². The van der Waals surface area contributed by atoms with Gasteiger partial charge in [0.2, 0.25) is 0 Å². The second-order valence-electron chi connectivity index (χ2n) is 17.8. The molecule has 0 spiro atoms. The van der Waals surface area contributed by atoms with Gasteiger partial charge in [0.25, 0.3) is 0 Å². The Labute approximate surface area is 357 Å². The molecule has 0 unspecified atom stereocenters. The number of unbranched alkanes of at least 4 members (excludes halogenated alkanes) is 21. The van der Waals surface area contributed by atoms with Crippen molar-refractivity contribution in [3.8, 4) is 0 Å². The van der Waals surface area contributed by atoms with Crippen molar-refractivity contribution in [3.63, 3.8) is 0 Å². The quantitative estimate of drug-likeness (QED) is 0.0373. The Balaban J connectivity index is 0.950. The molecule has 318 valence electrons. The molecular weight excluding hydrogens is 701 g/mol. The number of benzene rings is 4. The molecule has 0 atom stereocenters. The van der Waals surface area contributed by atoms with E-state index in [-0.39, 0.29) is 0 Å². The van der Waals surface area contributed by atoms with Crippen molar-refractivity contribution >= 4 is 11.4 Å². The van der Waals surface area contributed by atoms with E-state index in [0.29, 0.717) is 0 Å². The molecule has 2 nitrogen and oxygen atoms in total. The van der Waals surface area contributed by atoms with Crippen LogP contribution in [-0.2, 0) is 38.5 Å². The SMILES string of the molecule is CCCCCCCc1cc(N)ccc1Cc1ccc(CCCCCCCCCCCCCCCCc2ccc(Cc3ccc(N)cc3CCCCCCC)cc2)cc1. The number of nitrogen functional groups attached to an aromatic ring is 2. The van der Waals surface area contributed by atoms with E-state index in [1.165, 1.54) is 211 Å². The first-order valence-corrected chi connectivity index (χ1v) is 24.4. The Morgan fingerprint density at radius 3 is 0.879 bits per heavy atom. The maximum atomic E-state index is 6.16. The number of nitrogens with two attached hydrogens (primary N) is 2. The average Bonchev–Trinajstić information content (AvgIpc) is 3.23. The van der Waals surface area contributed by atoms with Crippen LogP contribution in [0.3, 0.4) is 0 Å². The maximum Gasteiger partial charge on any atom is 0.0316 e. The fourth-order valence-electron chi connectivity index (χ4n) is 8.81. The van der Waals surface area contributed by atoms with Crippen LogP contribution in [0.2, 0.25) is 0 Å². The van der Waals surface area contributed by atoms with Gasteiger partial charge in [0.05, 0.1) is 0 Å². The normalized spacial score (nSPS) is 11.4. The lowest BCUT2D eigenvalue weighted by Gasteiger charge is -2.12. The van der Waals surface area contributed by atoms with Gasteiger partial charge in [-0.05, 0) is 133 Å². The number of anilines is 2. The van der Waals surface area contributed by atoms with Gasteiger partial charge in [0.15, 0.2) is 0 Å². The Hall–Kier alpha value is -3.52. The van der Waals surface area contributed by atoms with Crippen LogP contribution >= 0.6 is 0 Å². The van der Waals surface area contributed by atoms with E-state index in [2.05, 4.69) is 98.8 Å². The molecule has 4 aromatic carbocycles. The van der Waals surface area contributed by atoms with Gasteiger partial charge in [-0.25, -0.2) is 0 Å². The molecule has 0 amide bonds. The maximum absolute atomic E-state index is 6.16. The number of hydrogen-bond donors (Lipinski definition) is 2. The molecular formula is C56H84N2. The van der Waals surface area contributed by atoms with E-state index < -0.39 is 0 Å². The van der Waals surface area contributed by atoms with Gasteiger partial charge in [-0.1, -0.05) is 203 Å². The molecule has 0 bridgehead atoms. The van der Waals surface area contributed by atoms with E-state index >= 15 is 0 Å². The summed E-state index contributed by atoms with van der Waals surface area (Å²) in [6, 6.07) is 32.0. The highest BCUT2D eigenvalue weighted by atomic mass is 14.5. The first-order chi connectivity index (χ1) is 28.5. The van der Waals surface area contributed by atoms with Gasteiger partial charge >= 0.3 is 0 Å². The second kappa shape index (κ2) is 29.7. The number of rotatable bonds is 33. The van der Waals surface area contributed by atoms with Crippen LogP contribution in [0.25, 0.3) is 0 Å². The monoisotopic (exact) mass is 785 g/mol. The summed E-state index contributed by atoms with van der Waals surface area (Å²) in [7, 11) is 0. The molecule has 0 saturated carbocycles. The van der Waals surface area contributed by atoms with Crippen LogP contribution in [-0.4, -0.2) is 0 Å². The molecule has 2 heteroatoms. The minimum absolute atomic E-state index is 0.896. The van der Waals surface area contributed by atoms with Gasteiger partial charge in [-0.2, -0.15) is 0 Å². The van der Waals surface area contributed by atoms with Gasteiger partial charge in [0.1, 0.15) is 0 Å². The molecule has 0 fully saturated rings. The van der Waals surface area contributed by atoms with Gasteiger partial charge in [0, 0.05) is 11.4 Å². The minimum atomic E-state index is 0.896. The van der Waals surface area contributed by atoms with Crippen molar-refractivity contribution in [2.24, 2.45) is 0 Å². The third-order valence-electron chi connectivity index (χ3n) is 12.6. The highest BCUT2D eigenvalue weighted by molar-refractivity contribution is 5.47. The number of hydrogen-bond acceptors (Lipinski definition) is 2. The molecule has 4 N–H and O–H groups in total. The van der Waals surface area contributed by atoms with Crippen molar-refractivity contribution in [2.75, 3.05) is 11.5 Å². The zero-order valence-electron chi connectivity index (χ0n) is 37.5. The standard InChI is InChI=1S/C56H84N2/c1-3-5-7-19-25-29-51-45-55(57)41-39-53(51)43-49-35-31-47(32-36-49)27-23-21-17-15-13-11-9-10-12-14-16-18-22-24-28-48-33-37-50(38-34-48)44-54-40-42-56(58)46-52(54)30-26-20-8-6-4-2/h31-42,45-46H,3-30,43-44,57-58H2,1-2H3. The molecule has 4 rings (SSSR count). The Morgan fingerprint density at radius 1 is 0.276 bits per heavy atom. The van der Waals surface area contributed by atoms with Crippen LogP contribution in [0.15, 0.2) is 84.9 Å². The zero-order valence-corrected chi connectivity index (χ0v) is 37.5. The van der Waals surface area contributed by atoms with Crippen molar-refractivity contribution in [2.45, 2.75) is 206 Å². The van der Waals surface area contributed by atoms with E-state index in [4.69, 9.17) is 11.5 Å². The largest absolute Gasteiger partial charge is 0.399 e.